The van der Waals surface area contributed by atoms with Crippen LogP contribution >= 0.6 is 23.2 Å². The maximum absolute atomic E-state index is 11.8. The number of hydrazone groups is 1. The van der Waals surface area contributed by atoms with E-state index < -0.39 is 0 Å². The Bertz CT molecular complexity index is 921. The van der Waals surface area contributed by atoms with Gasteiger partial charge in [-0.1, -0.05) is 59.6 Å². The highest BCUT2D eigenvalue weighted by Gasteiger charge is 2.04. The molecule has 0 unspecified atom stereocenters. The molecule has 0 radical (unpaired) electrons. The Hall–Kier alpha value is -2.56. The Kier molecular flexibility index (Phi) is 5.53. The molecule has 0 saturated heterocycles. The highest BCUT2D eigenvalue weighted by atomic mass is 35.5. The van der Waals surface area contributed by atoms with Gasteiger partial charge in [0.15, 0.2) is 6.61 Å². The van der Waals surface area contributed by atoms with Crippen molar-refractivity contribution in [3.8, 4) is 5.75 Å². The van der Waals surface area contributed by atoms with E-state index in [0.29, 0.717) is 21.4 Å². The van der Waals surface area contributed by atoms with E-state index in [1.807, 2.05) is 42.5 Å². The van der Waals surface area contributed by atoms with E-state index in [0.717, 1.165) is 10.8 Å². The van der Waals surface area contributed by atoms with Crippen molar-refractivity contribution in [1.29, 1.82) is 0 Å². The number of halogens is 2. The average molecular weight is 373 g/mol. The third-order valence-electron chi connectivity index (χ3n) is 3.47. The SMILES string of the molecule is O=C(COc1ccc2ccccc2c1)N/N=C/c1c(Cl)cccc1Cl. The number of ether oxygens (including phenoxy) is 1. The Balaban J connectivity index is 1.56. The molecule has 1 N–H and O–H groups in total. The first-order valence-electron chi connectivity index (χ1n) is 7.51. The number of fused-ring (bicyclic) bond motifs is 1. The predicted octanol–water partition coefficient (Wildman–Crippen LogP) is 4.68. The molecule has 0 heterocycles. The van der Waals surface area contributed by atoms with Crippen molar-refractivity contribution in [2.45, 2.75) is 0 Å². The van der Waals surface area contributed by atoms with Crippen molar-refractivity contribution in [2.24, 2.45) is 5.10 Å². The van der Waals surface area contributed by atoms with E-state index in [4.69, 9.17) is 27.9 Å². The minimum absolute atomic E-state index is 0.147. The summed E-state index contributed by atoms with van der Waals surface area (Å²) in [5.74, 6) is 0.236. The first-order chi connectivity index (χ1) is 12.1. The molecule has 6 heteroatoms. The molecule has 0 aromatic heterocycles. The third kappa shape index (κ3) is 4.50. The number of nitrogens with one attached hydrogen (secondary N) is 1. The van der Waals surface area contributed by atoms with Gasteiger partial charge in [-0.15, -0.1) is 0 Å². The largest absolute Gasteiger partial charge is 0.484 e. The van der Waals surface area contributed by atoms with Gasteiger partial charge in [-0.2, -0.15) is 5.10 Å². The fourth-order valence-electron chi connectivity index (χ4n) is 2.24. The fraction of sp³-hybridized carbons (Fsp3) is 0.0526. The van der Waals surface area contributed by atoms with Gasteiger partial charge in [-0.3, -0.25) is 4.79 Å². The lowest BCUT2D eigenvalue weighted by Gasteiger charge is -2.06. The van der Waals surface area contributed by atoms with Gasteiger partial charge in [0.1, 0.15) is 5.75 Å². The summed E-state index contributed by atoms with van der Waals surface area (Å²) in [6, 6.07) is 18.7. The monoisotopic (exact) mass is 372 g/mol. The van der Waals surface area contributed by atoms with Gasteiger partial charge < -0.3 is 4.74 Å². The number of amides is 1. The van der Waals surface area contributed by atoms with Crippen molar-refractivity contribution >= 4 is 46.1 Å². The Morgan fingerprint density at radius 2 is 1.72 bits per heavy atom. The number of hydrogen-bond acceptors (Lipinski definition) is 3. The Labute approximate surface area is 155 Å². The minimum Gasteiger partial charge on any atom is -0.484 e. The molecule has 0 bridgehead atoms. The summed E-state index contributed by atoms with van der Waals surface area (Å²) in [5.41, 5.74) is 2.92. The molecular formula is C19H14Cl2N2O2. The Morgan fingerprint density at radius 1 is 1.00 bits per heavy atom. The highest BCUT2D eigenvalue weighted by molar-refractivity contribution is 6.38. The molecule has 0 aliphatic rings. The lowest BCUT2D eigenvalue weighted by molar-refractivity contribution is -0.123. The molecule has 0 saturated carbocycles. The third-order valence-corrected chi connectivity index (χ3v) is 4.13. The minimum atomic E-state index is -0.382. The number of carbonyl (C=O) groups excluding carboxylic acids is 1. The number of benzene rings is 3. The summed E-state index contributed by atoms with van der Waals surface area (Å²) in [5, 5.41) is 6.92. The zero-order valence-corrected chi connectivity index (χ0v) is 14.6. The van der Waals surface area contributed by atoms with E-state index in [-0.39, 0.29) is 12.5 Å². The zero-order chi connectivity index (χ0) is 17.6. The van der Waals surface area contributed by atoms with E-state index >= 15 is 0 Å². The second-order valence-electron chi connectivity index (χ2n) is 5.23. The van der Waals surface area contributed by atoms with Crippen molar-refractivity contribution in [3.63, 3.8) is 0 Å². The van der Waals surface area contributed by atoms with Gasteiger partial charge in [-0.05, 0) is 35.0 Å². The number of hydrogen-bond donors (Lipinski definition) is 1. The molecule has 0 aliphatic heterocycles. The average Bonchev–Trinajstić information content (AvgIpc) is 2.62. The van der Waals surface area contributed by atoms with Crippen LogP contribution in [-0.4, -0.2) is 18.7 Å². The van der Waals surface area contributed by atoms with Crippen LogP contribution in [0, 0.1) is 0 Å². The molecule has 0 fully saturated rings. The number of carbonyl (C=O) groups is 1. The molecule has 126 valence electrons. The predicted molar refractivity (Wildman–Crippen MR) is 102 cm³/mol. The molecule has 3 aromatic carbocycles. The van der Waals surface area contributed by atoms with Crippen LogP contribution in [0.5, 0.6) is 5.75 Å². The molecule has 25 heavy (non-hydrogen) atoms. The van der Waals surface area contributed by atoms with Gasteiger partial charge in [0, 0.05) is 5.56 Å². The van der Waals surface area contributed by atoms with Gasteiger partial charge >= 0.3 is 0 Å². The summed E-state index contributed by atoms with van der Waals surface area (Å²) in [7, 11) is 0. The summed E-state index contributed by atoms with van der Waals surface area (Å²) in [4.78, 5) is 11.8. The molecular weight excluding hydrogens is 359 g/mol. The summed E-state index contributed by atoms with van der Waals surface area (Å²) in [6.45, 7) is -0.147. The van der Waals surface area contributed by atoms with E-state index in [9.17, 15) is 4.79 Å². The second-order valence-corrected chi connectivity index (χ2v) is 6.04. The molecule has 3 aromatic rings. The first kappa shape index (κ1) is 17.3. The summed E-state index contributed by atoms with van der Waals surface area (Å²) < 4.78 is 5.49. The van der Waals surface area contributed by atoms with Crippen LogP contribution < -0.4 is 10.2 Å². The van der Waals surface area contributed by atoms with E-state index in [1.54, 1.807) is 18.2 Å². The van der Waals surface area contributed by atoms with Gasteiger partial charge in [0.05, 0.1) is 16.3 Å². The maximum atomic E-state index is 11.8. The topological polar surface area (TPSA) is 50.7 Å². The normalized spacial score (nSPS) is 11.0. The highest BCUT2D eigenvalue weighted by Crippen LogP contribution is 2.22. The fourth-order valence-corrected chi connectivity index (χ4v) is 2.74. The van der Waals surface area contributed by atoms with Gasteiger partial charge in [-0.25, -0.2) is 5.43 Å². The second kappa shape index (κ2) is 8.01. The molecule has 3 rings (SSSR count). The summed E-state index contributed by atoms with van der Waals surface area (Å²) in [6.07, 6.45) is 1.40. The quantitative estimate of drug-likeness (QED) is 0.522. The van der Waals surface area contributed by atoms with Crippen LogP contribution in [0.4, 0.5) is 0 Å². The molecule has 4 nitrogen and oxygen atoms in total. The first-order valence-corrected chi connectivity index (χ1v) is 8.26. The van der Waals surface area contributed by atoms with Crippen molar-refractivity contribution in [2.75, 3.05) is 6.61 Å². The van der Waals surface area contributed by atoms with Gasteiger partial charge in [0.2, 0.25) is 0 Å². The van der Waals surface area contributed by atoms with Crippen LogP contribution in [0.2, 0.25) is 10.0 Å². The molecule has 1 amide bonds. The van der Waals surface area contributed by atoms with Gasteiger partial charge in [0.25, 0.3) is 5.91 Å². The standard InChI is InChI=1S/C19H14Cl2N2O2/c20-17-6-3-7-18(21)16(17)11-22-23-19(24)12-25-15-9-8-13-4-1-2-5-14(13)10-15/h1-11H,12H2,(H,23,24)/b22-11+. The maximum Gasteiger partial charge on any atom is 0.277 e. The number of rotatable bonds is 5. The smallest absolute Gasteiger partial charge is 0.277 e. The number of nitrogens with zero attached hydrogens (tertiary/aromatic N) is 1. The van der Waals surface area contributed by atoms with Crippen LogP contribution in [0.3, 0.4) is 0 Å². The zero-order valence-electron chi connectivity index (χ0n) is 13.1. The molecule has 0 atom stereocenters. The lowest BCUT2D eigenvalue weighted by Crippen LogP contribution is -2.24. The van der Waals surface area contributed by atoms with Crippen molar-refractivity contribution in [1.82, 2.24) is 5.43 Å². The van der Waals surface area contributed by atoms with E-state index in [2.05, 4.69) is 10.5 Å². The van der Waals surface area contributed by atoms with E-state index in [1.165, 1.54) is 6.21 Å². The van der Waals surface area contributed by atoms with Crippen molar-refractivity contribution in [3.05, 3.63) is 76.3 Å². The van der Waals surface area contributed by atoms with Crippen LogP contribution in [-0.2, 0) is 4.79 Å². The van der Waals surface area contributed by atoms with Crippen molar-refractivity contribution < 1.29 is 9.53 Å². The Morgan fingerprint density at radius 3 is 2.48 bits per heavy atom. The summed E-state index contributed by atoms with van der Waals surface area (Å²) >= 11 is 12.0. The lowest BCUT2D eigenvalue weighted by atomic mass is 10.1. The van der Waals surface area contributed by atoms with Crippen LogP contribution in [0.1, 0.15) is 5.56 Å². The molecule has 0 spiro atoms. The van der Waals surface area contributed by atoms with Crippen LogP contribution in [0.25, 0.3) is 10.8 Å². The molecule has 0 aliphatic carbocycles. The van der Waals surface area contributed by atoms with Crippen LogP contribution in [0.15, 0.2) is 65.8 Å².